The zero-order valence-electron chi connectivity index (χ0n) is 10.9. The summed E-state index contributed by atoms with van der Waals surface area (Å²) in [6.07, 6.45) is 0. The summed E-state index contributed by atoms with van der Waals surface area (Å²) >= 11 is 0.771. The molecule has 0 saturated carbocycles. The molecule has 7 nitrogen and oxygen atoms in total. The third-order valence-corrected chi connectivity index (χ3v) is 4.91. The van der Waals surface area contributed by atoms with Gasteiger partial charge in [0.05, 0.1) is 11.1 Å². The second-order valence-corrected chi connectivity index (χ2v) is 6.79. The first-order chi connectivity index (χ1) is 10.3. The van der Waals surface area contributed by atoms with Crippen LogP contribution in [0.1, 0.15) is 20.7 Å². The van der Waals surface area contributed by atoms with Crippen molar-refractivity contribution in [1.29, 1.82) is 0 Å². The standard InChI is InChI=1S/C12H10FN3O4S2/c13-9-4-2-1-3-8(9)12(18)16-15-11(17)7-5-10(21-6-7)22(14,19)20/h1-6H,(H,15,17)(H,16,18)(H2,14,19,20). The number of sulfonamides is 1. The number of primary sulfonamides is 1. The van der Waals surface area contributed by atoms with E-state index in [4.69, 9.17) is 5.14 Å². The normalized spacial score (nSPS) is 11.0. The SMILES string of the molecule is NS(=O)(=O)c1cc(C(=O)NNC(=O)c2ccccc2F)cs1. The number of benzene rings is 1. The number of carbonyl (C=O) groups is 2. The maximum atomic E-state index is 13.4. The van der Waals surface area contributed by atoms with Gasteiger partial charge in [-0.15, -0.1) is 11.3 Å². The third kappa shape index (κ3) is 3.67. The molecule has 22 heavy (non-hydrogen) atoms. The monoisotopic (exact) mass is 343 g/mol. The van der Waals surface area contributed by atoms with Gasteiger partial charge in [0.2, 0.25) is 10.0 Å². The van der Waals surface area contributed by atoms with E-state index in [1.54, 1.807) is 0 Å². The van der Waals surface area contributed by atoms with E-state index in [2.05, 4.69) is 5.43 Å². The average Bonchev–Trinajstić information content (AvgIpc) is 2.95. The number of amides is 2. The first-order valence-electron chi connectivity index (χ1n) is 5.75. The van der Waals surface area contributed by atoms with Crippen LogP contribution in [-0.2, 0) is 10.0 Å². The van der Waals surface area contributed by atoms with Crippen LogP contribution in [0.25, 0.3) is 0 Å². The van der Waals surface area contributed by atoms with Crippen molar-refractivity contribution < 1.29 is 22.4 Å². The molecule has 0 radical (unpaired) electrons. The Morgan fingerprint density at radius 2 is 1.77 bits per heavy atom. The minimum atomic E-state index is -3.89. The van der Waals surface area contributed by atoms with Crippen LogP contribution in [0, 0.1) is 5.82 Å². The Balaban J connectivity index is 2.03. The molecule has 2 amide bonds. The first kappa shape index (κ1) is 16.1. The van der Waals surface area contributed by atoms with Gasteiger partial charge in [0.25, 0.3) is 11.8 Å². The zero-order valence-corrected chi connectivity index (χ0v) is 12.5. The van der Waals surface area contributed by atoms with E-state index >= 15 is 0 Å². The Bertz CT molecular complexity index is 832. The molecule has 2 rings (SSSR count). The molecule has 1 aromatic heterocycles. The smallest absolute Gasteiger partial charge is 0.267 e. The first-order valence-corrected chi connectivity index (χ1v) is 8.18. The van der Waals surface area contributed by atoms with Gasteiger partial charge in [0, 0.05) is 5.38 Å². The number of nitrogens with one attached hydrogen (secondary N) is 2. The number of thiophene rings is 1. The van der Waals surface area contributed by atoms with Crippen molar-refractivity contribution in [2.75, 3.05) is 0 Å². The molecule has 4 N–H and O–H groups in total. The minimum absolute atomic E-state index is 0.00265. The van der Waals surface area contributed by atoms with Gasteiger partial charge in [-0.3, -0.25) is 20.4 Å². The van der Waals surface area contributed by atoms with Crippen LogP contribution in [0.4, 0.5) is 4.39 Å². The Labute approximate surface area is 129 Å². The number of hydrogen-bond donors (Lipinski definition) is 3. The van der Waals surface area contributed by atoms with Gasteiger partial charge < -0.3 is 0 Å². The summed E-state index contributed by atoms with van der Waals surface area (Å²) in [4.78, 5) is 23.4. The van der Waals surface area contributed by atoms with Crippen molar-refractivity contribution >= 4 is 33.2 Å². The summed E-state index contributed by atoms with van der Waals surface area (Å²) in [6.45, 7) is 0. The quantitative estimate of drug-likeness (QED) is 0.708. The molecule has 10 heteroatoms. The van der Waals surface area contributed by atoms with E-state index in [-0.39, 0.29) is 15.3 Å². The highest BCUT2D eigenvalue weighted by Crippen LogP contribution is 2.18. The zero-order chi connectivity index (χ0) is 16.3. The maximum absolute atomic E-state index is 13.4. The second kappa shape index (κ2) is 6.22. The average molecular weight is 343 g/mol. The van der Waals surface area contributed by atoms with Crippen molar-refractivity contribution in [2.24, 2.45) is 5.14 Å². The molecular formula is C12H10FN3O4S2. The van der Waals surface area contributed by atoms with E-state index < -0.39 is 27.7 Å². The molecular weight excluding hydrogens is 333 g/mol. The van der Waals surface area contributed by atoms with Crippen LogP contribution < -0.4 is 16.0 Å². The lowest BCUT2D eigenvalue weighted by Crippen LogP contribution is -2.41. The van der Waals surface area contributed by atoms with Crippen LogP contribution in [0.5, 0.6) is 0 Å². The van der Waals surface area contributed by atoms with Crippen LogP contribution in [0.15, 0.2) is 39.9 Å². The summed E-state index contributed by atoms with van der Waals surface area (Å²) in [5, 5.41) is 6.19. The Hall–Kier alpha value is -2.30. The molecule has 0 aliphatic carbocycles. The lowest BCUT2D eigenvalue weighted by molar-refractivity contribution is 0.0844. The molecule has 0 saturated heterocycles. The third-order valence-electron chi connectivity index (χ3n) is 2.53. The predicted molar refractivity (Wildman–Crippen MR) is 77.0 cm³/mol. The highest BCUT2D eigenvalue weighted by molar-refractivity contribution is 7.91. The van der Waals surface area contributed by atoms with Gasteiger partial charge in [-0.05, 0) is 18.2 Å². The molecule has 0 aliphatic heterocycles. The van der Waals surface area contributed by atoms with Crippen LogP contribution >= 0.6 is 11.3 Å². The molecule has 116 valence electrons. The maximum Gasteiger partial charge on any atom is 0.272 e. The van der Waals surface area contributed by atoms with Crippen LogP contribution in [0.2, 0.25) is 0 Å². The summed E-state index contributed by atoms with van der Waals surface area (Å²) in [5.74, 6) is -2.33. The summed E-state index contributed by atoms with van der Waals surface area (Å²) in [7, 11) is -3.89. The fraction of sp³-hybridized carbons (Fsp3) is 0. The number of nitrogens with two attached hydrogens (primary N) is 1. The lowest BCUT2D eigenvalue weighted by Gasteiger charge is -2.06. The van der Waals surface area contributed by atoms with Gasteiger partial charge in [-0.1, -0.05) is 12.1 Å². The molecule has 0 aliphatic rings. The lowest BCUT2D eigenvalue weighted by atomic mass is 10.2. The van der Waals surface area contributed by atoms with Crippen molar-refractivity contribution in [1.82, 2.24) is 10.9 Å². The van der Waals surface area contributed by atoms with Gasteiger partial charge in [0.15, 0.2) is 0 Å². The van der Waals surface area contributed by atoms with E-state index in [0.29, 0.717) is 0 Å². The number of rotatable bonds is 3. The Morgan fingerprint density at radius 1 is 1.14 bits per heavy atom. The highest BCUT2D eigenvalue weighted by Gasteiger charge is 2.16. The van der Waals surface area contributed by atoms with E-state index in [1.165, 1.54) is 23.6 Å². The van der Waals surface area contributed by atoms with E-state index in [0.717, 1.165) is 23.5 Å². The van der Waals surface area contributed by atoms with Gasteiger partial charge >= 0.3 is 0 Å². The summed E-state index contributed by atoms with van der Waals surface area (Å²) < 4.78 is 35.4. The molecule has 0 spiro atoms. The largest absolute Gasteiger partial charge is 0.272 e. The number of hydrogen-bond acceptors (Lipinski definition) is 5. The fourth-order valence-corrected chi connectivity index (χ4v) is 3.07. The fourth-order valence-electron chi connectivity index (χ4n) is 1.48. The van der Waals surface area contributed by atoms with Crippen LogP contribution in [0.3, 0.4) is 0 Å². The van der Waals surface area contributed by atoms with Gasteiger partial charge in [-0.25, -0.2) is 17.9 Å². The van der Waals surface area contributed by atoms with Crippen molar-refractivity contribution in [2.45, 2.75) is 4.21 Å². The Kier molecular flexibility index (Phi) is 4.54. The van der Waals surface area contributed by atoms with Gasteiger partial charge in [-0.2, -0.15) is 0 Å². The molecule has 2 aromatic rings. The molecule has 0 atom stereocenters. The summed E-state index contributed by atoms with van der Waals surface area (Å²) in [5.41, 5.74) is 3.85. The second-order valence-electron chi connectivity index (χ2n) is 4.09. The van der Waals surface area contributed by atoms with Crippen molar-refractivity contribution in [3.05, 3.63) is 52.7 Å². The number of hydrazine groups is 1. The molecule has 0 bridgehead atoms. The molecule has 0 fully saturated rings. The summed E-state index contributed by atoms with van der Waals surface area (Å²) in [6, 6.07) is 6.32. The molecule has 1 aromatic carbocycles. The van der Waals surface area contributed by atoms with E-state index in [9.17, 15) is 22.4 Å². The Morgan fingerprint density at radius 3 is 2.36 bits per heavy atom. The number of halogens is 1. The number of carbonyl (C=O) groups excluding carboxylic acids is 2. The van der Waals surface area contributed by atoms with Crippen molar-refractivity contribution in [3.63, 3.8) is 0 Å². The van der Waals surface area contributed by atoms with Gasteiger partial charge in [0.1, 0.15) is 10.0 Å². The topological polar surface area (TPSA) is 118 Å². The van der Waals surface area contributed by atoms with Crippen molar-refractivity contribution in [3.8, 4) is 0 Å². The molecule has 0 unspecified atom stereocenters. The predicted octanol–water partition coefficient (Wildman–Crippen LogP) is 0.609. The van der Waals surface area contributed by atoms with E-state index in [1.807, 2.05) is 5.43 Å². The van der Waals surface area contributed by atoms with Crippen LogP contribution in [-0.4, -0.2) is 20.2 Å². The highest BCUT2D eigenvalue weighted by atomic mass is 32.2. The molecule has 1 heterocycles. The minimum Gasteiger partial charge on any atom is -0.267 e.